The minimum Gasteiger partial charge on any atom is -0.332 e. The molecule has 4 rings (SSSR count). The van der Waals surface area contributed by atoms with E-state index in [1.54, 1.807) is 12.1 Å². The summed E-state index contributed by atoms with van der Waals surface area (Å²) >= 11 is 1.49. The molecule has 0 saturated heterocycles. The predicted octanol–water partition coefficient (Wildman–Crippen LogP) is 3.04. The van der Waals surface area contributed by atoms with E-state index in [4.69, 9.17) is 0 Å². The van der Waals surface area contributed by atoms with Gasteiger partial charge in [0.05, 0.1) is 17.6 Å². The third-order valence-corrected chi connectivity index (χ3v) is 4.32. The number of anilines is 2. The van der Waals surface area contributed by atoms with Crippen LogP contribution >= 0.6 is 11.3 Å². The number of para-hydroxylation sites is 1. The Morgan fingerprint density at radius 1 is 1.04 bits per heavy atom. The minimum absolute atomic E-state index is 0.161. The van der Waals surface area contributed by atoms with Gasteiger partial charge in [-0.15, -0.1) is 16.4 Å². The van der Waals surface area contributed by atoms with Gasteiger partial charge in [0.1, 0.15) is 5.52 Å². The number of hydrogen-bond donors (Lipinski definition) is 1. The Kier molecular flexibility index (Phi) is 3.76. The van der Waals surface area contributed by atoms with Gasteiger partial charge in [-0.3, -0.25) is 4.79 Å². The lowest BCUT2D eigenvalue weighted by atomic mass is 10.2. The van der Waals surface area contributed by atoms with Gasteiger partial charge in [-0.25, -0.2) is 9.67 Å². The lowest BCUT2D eigenvalue weighted by molar-refractivity contribution is 0.594. The van der Waals surface area contributed by atoms with Gasteiger partial charge in [-0.1, -0.05) is 35.5 Å². The van der Waals surface area contributed by atoms with Crippen LogP contribution in [0.15, 0.2) is 64.8 Å². The molecule has 1 N–H and O–H groups in total. The van der Waals surface area contributed by atoms with Crippen molar-refractivity contribution >= 4 is 33.1 Å². The van der Waals surface area contributed by atoms with Gasteiger partial charge in [0.25, 0.3) is 5.56 Å². The summed E-state index contributed by atoms with van der Waals surface area (Å²) in [7, 11) is 0. The number of rotatable bonds is 4. The molecule has 0 fully saturated rings. The third kappa shape index (κ3) is 2.89. The standard InChI is InChI=1S/C17H13N5OS/c23-16-14-8-4-5-9-15(14)20-21-22(16)10-13-11-24-17(19-13)18-12-6-2-1-3-7-12/h1-9,11H,10H2,(H,18,19). The van der Waals surface area contributed by atoms with Crippen LogP contribution in [0.5, 0.6) is 0 Å². The van der Waals surface area contributed by atoms with Crippen LogP contribution in [0.25, 0.3) is 10.9 Å². The molecule has 0 aliphatic rings. The summed E-state index contributed by atoms with van der Waals surface area (Å²) in [4.78, 5) is 17.0. The monoisotopic (exact) mass is 335 g/mol. The number of thiazole rings is 1. The quantitative estimate of drug-likeness (QED) is 0.620. The highest BCUT2D eigenvalue weighted by Gasteiger charge is 2.08. The van der Waals surface area contributed by atoms with Gasteiger partial charge >= 0.3 is 0 Å². The summed E-state index contributed by atoms with van der Waals surface area (Å²) in [5, 5.41) is 14.6. The molecule has 24 heavy (non-hydrogen) atoms. The molecule has 118 valence electrons. The van der Waals surface area contributed by atoms with Gasteiger partial charge in [-0.05, 0) is 24.3 Å². The first-order valence-corrected chi connectivity index (χ1v) is 8.26. The average Bonchev–Trinajstić information content (AvgIpc) is 3.05. The maximum atomic E-state index is 12.5. The highest BCUT2D eigenvalue weighted by molar-refractivity contribution is 7.13. The summed E-state index contributed by atoms with van der Waals surface area (Å²) in [6.45, 7) is 0.295. The van der Waals surface area contributed by atoms with Gasteiger partial charge in [0.15, 0.2) is 5.13 Å². The van der Waals surface area contributed by atoms with E-state index < -0.39 is 0 Å². The fourth-order valence-electron chi connectivity index (χ4n) is 2.36. The van der Waals surface area contributed by atoms with Gasteiger partial charge < -0.3 is 5.32 Å². The van der Waals surface area contributed by atoms with Crippen LogP contribution < -0.4 is 10.9 Å². The van der Waals surface area contributed by atoms with Crippen LogP contribution in [0.1, 0.15) is 5.69 Å². The lowest BCUT2D eigenvalue weighted by Gasteiger charge is -2.03. The normalized spacial score (nSPS) is 10.8. The van der Waals surface area contributed by atoms with E-state index in [9.17, 15) is 4.79 Å². The van der Waals surface area contributed by atoms with E-state index >= 15 is 0 Å². The third-order valence-electron chi connectivity index (χ3n) is 3.52. The minimum atomic E-state index is -0.161. The zero-order chi connectivity index (χ0) is 16.4. The first-order chi connectivity index (χ1) is 11.8. The molecule has 0 aliphatic carbocycles. The van der Waals surface area contributed by atoms with E-state index in [2.05, 4.69) is 20.6 Å². The molecule has 6 nitrogen and oxygen atoms in total. The zero-order valence-electron chi connectivity index (χ0n) is 12.6. The SMILES string of the molecule is O=c1c2ccccc2nnn1Cc1csc(Nc2ccccc2)n1. The Hall–Kier alpha value is -3.06. The molecule has 4 aromatic rings. The molecule has 0 aliphatic heterocycles. The van der Waals surface area contributed by atoms with Crippen molar-refractivity contribution in [2.75, 3.05) is 5.32 Å². The van der Waals surface area contributed by atoms with Crippen molar-refractivity contribution < 1.29 is 0 Å². The number of benzene rings is 2. The molecular formula is C17H13N5OS. The predicted molar refractivity (Wildman–Crippen MR) is 94.7 cm³/mol. The Bertz CT molecular complexity index is 1040. The molecule has 0 amide bonds. The fraction of sp³-hybridized carbons (Fsp3) is 0.0588. The zero-order valence-corrected chi connectivity index (χ0v) is 13.4. The van der Waals surface area contributed by atoms with Crippen molar-refractivity contribution in [2.24, 2.45) is 0 Å². The van der Waals surface area contributed by atoms with Gasteiger partial charge in [-0.2, -0.15) is 0 Å². The van der Waals surface area contributed by atoms with Crippen molar-refractivity contribution in [3.63, 3.8) is 0 Å². The van der Waals surface area contributed by atoms with Crippen LogP contribution in [0.2, 0.25) is 0 Å². The summed E-state index contributed by atoms with van der Waals surface area (Å²) in [6, 6.07) is 17.0. The first kappa shape index (κ1) is 14.5. The largest absolute Gasteiger partial charge is 0.332 e. The summed E-state index contributed by atoms with van der Waals surface area (Å²) < 4.78 is 1.34. The fourth-order valence-corrected chi connectivity index (χ4v) is 3.08. The molecule has 0 radical (unpaired) electrons. The van der Waals surface area contributed by atoms with Crippen molar-refractivity contribution in [1.82, 2.24) is 20.0 Å². The van der Waals surface area contributed by atoms with Crippen molar-refractivity contribution in [1.29, 1.82) is 0 Å². The molecular weight excluding hydrogens is 322 g/mol. The Morgan fingerprint density at radius 3 is 2.71 bits per heavy atom. The number of nitrogens with zero attached hydrogens (tertiary/aromatic N) is 4. The number of hydrogen-bond acceptors (Lipinski definition) is 6. The summed E-state index contributed by atoms with van der Waals surface area (Å²) in [6.07, 6.45) is 0. The molecule has 2 aromatic heterocycles. The van der Waals surface area contributed by atoms with Crippen molar-refractivity contribution in [3.05, 3.63) is 76.0 Å². The second kappa shape index (κ2) is 6.21. The molecule has 0 bridgehead atoms. The van der Waals surface area contributed by atoms with Crippen LogP contribution in [0.4, 0.5) is 10.8 Å². The number of nitrogens with one attached hydrogen (secondary N) is 1. The van der Waals surface area contributed by atoms with E-state index in [1.807, 2.05) is 47.8 Å². The Morgan fingerprint density at radius 2 is 1.83 bits per heavy atom. The summed E-state index contributed by atoms with van der Waals surface area (Å²) in [5.74, 6) is 0. The van der Waals surface area contributed by atoms with Gasteiger partial charge in [0.2, 0.25) is 0 Å². The second-order valence-electron chi connectivity index (χ2n) is 5.20. The molecule has 7 heteroatoms. The maximum Gasteiger partial charge on any atom is 0.277 e. The Balaban J connectivity index is 1.58. The van der Waals surface area contributed by atoms with Crippen LogP contribution in [-0.4, -0.2) is 20.0 Å². The smallest absolute Gasteiger partial charge is 0.277 e. The van der Waals surface area contributed by atoms with E-state index in [-0.39, 0.29) is 5.56 Å². The second-order valence-corrected chi connectivity index (χ2v) is 6.06. The number of aromatic nitrogens is 4. The molecule has 0 unspecified atom stereocenters. The summed E-state index contributed by atoms with van der Waals surface area (Å²) in [5.41, 5.74) is 2.18. The van der Waals surface area contributed by atoms with Crippen LogP contribution in [0.3, 0.4) is 0 Å². The average molecular weight is 335 g/mol. The van der Waals surface area contributed by atoms with E-state index in [1.165, 1.54) is 16.0 Å². The first-order valence-electron chi connectivity index (χ1n) is 7.38. The van der Waals surface area contributed by atoms with Crippen LogP contribution in [0, 0.1) is 0 Å². The molecule has 2 aromatic carbocycles. The highest BCUT2D eigenvalue weighted by Crippen LogP contribution is 2.20. The van der Waals surface area contributed by atoms with E-state index in [0.717, 1.165) is 16.5 Å². The van der Waals surface area contributed by atoms with Gasteiger partial charge in [0, 0.05) is 11.1 Å². The van der Waals surface area contributed by atoms with Crippen molar-refractivity contribution in [3.8, 4) is 0 Å². The van der Waals surface area contributed by atoms with Crippen molar-refractivity contribution in [2.45, 2.75) is 6.54 Å². The maximum absolute atomic E-state index is 12.5. The number of fused-ring (bicyclic) bond motifs is 1. The van der Waals surface area contributed by atoms with E-state index in [0.29, 0.717) is 17.4 Å². The lowest BCUT2D eigenvalue weighted by Crippen LogP contribution is -2.24. The van der Waals surface area contributed by atoms with Crippen LogP contribution in [-0.2, 0) is 6.54 Å². The molecule has 0 atom stereocenters. The molecule has 0 saturated carbocycles. The molecule has 2 heterocycles. The molecule has 0 spiro atoms. The topological polar surface area (TPSA) is 72.7 Å². The Labute approximate surface area is 141 Å². The highest BCUT2D eigenvalue weighted by atomic mass is 32.1.